The molecule has 0 radical (unpaired) electrons. The second-order valence-electron chi connectivity index (χ2n) is 4.19. The lowest BCUT2D eigenvalue weighted by Crippen LogP contribution is -2.27. The van der Waals surface area contributed by atoms with Gasteiger partial charge in [0.15, 0.2) is 0 Å². The fourth-order valence-corrected chi connectivity index (χ4v) is 1.73. The number of nitrogens with two attached hydrogens (primary N) is 1. The number of benzene rings is 1. The molecule has 0 aliphatic rings. The van der Waals surface area contributed by atoms with Gasteiger partial charge < -0.3 is 11.1 Å². The third-order valence-electron chi connectivity index (χ3n) is 2.78. The third kappa shape index (κ3) is 3.07. The standard InChI is InChI=1S/C14H14FN3O/c1-9(10-5-3-2-4-6-10)18-14(19)12-7-11(15)8-17-13(12)16/h2-9H,1H3,(H2,16,17)(H,18,19). The molecule has 0 aliphatic heterocycles. The third-order valence-corrected chi connectivity index (χ3v) is 2.78. The van der Waals surface area contributed by atoms with Crippen LogP contribution in [0.15, 0.2) is 42.6 Å². The number of hydrogen-bond donors (Lipinski definition) is 2. The Morgan fingerprint density at radius 1 is 1.37 bits per heavy atom. The van der Waals surface area contributed by atoms with E-state index in [1.165, 1.54) is 0 Å². The van der Waals surface area contributed by atoms with Crippen molar-refractivity contribution in [3.05, 3.63) is 59.5 Å². The summed E-state index contributed by atoms with van der Waals surface area (Å²) in [7, 11) is 0. The highest BCUT2D eigenvalue weighted by Crippen LogP contribution is 2.15. The van der Waals surface area contributed by atoms with Crippen LogP contribution in [0.4, 0.5) is 10.2 Å². The topological polar surface area (TPSA) is 68.0 Å². The highest BCUT2D eigenvalue weighted by molar-refractivity contribution is 5.98. The Morgan fingerprint density at radius 2 is 2.05 bits per heavy atom. The molecule has 0 spiro atoms. The van der Waals surface area contributed by atoms with Crippen molar-refractivity contribution in [3.63, 3.8) is 0 Å². The summed E-state index contributed by atoms with van der Waals surface area (Å²) in [6.07, 6.45) is 0.979. The Bertz CT molecular complexity index is 586. The van der Waals surface area contributed by atoms with Crippen molar-refractivity contribution in [1.82, 2.24) is 10.3 Å². The number of nitrogens with one attached hydrogen (secondary N) is 1. The fourth-order valence-electron chi connectivity index (χ4n) is 1.73. The summed E-state index contributed by atoms with van der Waals surface area (Å²) in [5, 5.41) is 2.75. The summed E-state index contributed by atoms with van der Waals surface area (Å²) in [5.41, 5.74) is 6.57. The van der Waals surface area contributed by atoms with E-state index in [-0.39, 0.29) is 17.4 Å². The summed E-state index contributed by atoms with van der Waals surface area (Å²) >= 11 is 0. The van der Waals surface area contributed by atoms with Gasteiger partial charge in [0.2, 0.25) is 0 Å². The molecular weight excluding hydrogens is 245 g/mol. The van der Waals surface area contributed by atoms with E-state index in [4.69, 9.17) is 5.73 Å². The molecule has 1 aromatic heterocycles. The summed E-state index contributed by atoms with van der Waals surface area (Å²) in [4.78, 5) is 15.6. The predicted octanol–water partition coefficient (Wildman–Crippen LogP) is 2.29. The van der Waals surface area contributed by atoms with Crippen molar-refractivity contribution < 1.29 is 9.18 Å². The van der Waals surface area contributed by atoms with Crippen molar-refractivity contribution in [3.8, 4) is 0 Å². The average molecular weight is 259 g/mol. The Balaban J connectivity index is 2.15. The van der Waals surface area contributed by atoms with Crippen LogP contribution in [-0.4, -0.2) is 10.9 Å². The number of halogens is 1. The fraction of sp³-hybridized carbons (Fsp3) is 0.143. The molecule has 3 N–H and O–H groups in total. The largest absolute Gasteiger partial charge is 0.383 e. The van der Waals surface area contributed by atoms with Gasteiger partial charge in [0, 0.05) is 0 Å². The van der Waals surface area contributed by atoms with E-state index in [1.54, 1.807) is 0 Å². The lowest BCUT2D eigenvalue weighted by Gasteiger charge is -2.14. The molecular formula is C14H14FN3O. The number of aromatic nitrogens is 1. The number of nitrogen functional groups attached to an aromatic ring is 1. The average Bonchev–Trinajstić information content (AvgIpc) is 2.42. The molecule has 0 saturated carbocycles. The molecule has 1 atom stereocenters. The van der Waals surface area contributed by atoms with Crippen LogP contribution in [-0.2, 0) is 0 Å². The number of rotatable bonds is 3. The zero-order valence-electron chi connectivity index (χ0n) is 10.4. The zero-order valence-corrected chi connectivity index (χ0v) is 10.4. The van der Waals surface area contributed by atoms with Gasteiger partial charge in [0.1, 0.15) is 11.6 Å². The highest BCUT2D eigenvalue weighted by Gasteiger charge is 2.15. The summed E-state index contributed by atoms with van der Waals surface area (Å²) in [6, 6.07) is 10.3. The molecule has 0 fully saturated rings. The Morgan fingerprint density at radius 3 is 2.74 bits per heavy atom. The van der Waals surface area contributed by atoms with Gasteiger partial charge in [-0.3, -0.25) is 4.79 Å². The molecule has 0 saturated heterocycles. The molecule has 1 aromatic carbocycles. The van der Waals surface area contributed by atoms with Crippen LogP contribution in [0.2, 0.25) is 0 Å². The highest BCUT2D eigenvalue weighted by atomic mass is 19.1. The van der Waals surface area contributed by atoms with E-state index in [2.05, 4.69) is 10.3 Å². The van der Waals surface area contributed by atoms with E-state index >= 15 is 0 Å². The first-order chi connectivity index (χ1) is 9.08. The molecule has 4 nitrogen and oxygen atoms in total. The van der Waals surface area contributed by atoms with Crippen molar-refractivity contribution in [1.29, 1.82) is 0 Å². The maximum absolute atomic E-state index is 13.1. The van der Waals surface area contributed by atoms with E-state index in [1.807, 2.05) is 37.3 Å². The first-order valence-electron chi connectivity index (χ1n) is 5.84. The zero-order chi connectivity index (χ0) is 13.8. The van der Waals surface area contributed by atoms with E-state index < -0.39 is 11.7 Å². The SMILES string of the molecule is CC(NC(=O)c1cc(F)cnc1N)c1ccccc1. The summed E-state index contributed by atoms with van der Waals surface area (Å²) in [6.45, 7) is 1.84. The Labute approximate surface area is 110 Å². The smallest absolute Gasteiger partial charge is 0.255 e. The van der Waals surface area contributed by atoms with Crippen LogP contribution < -0.4 is 11.1 Å². The molecule has 19 heavy (non-hydrogen) atoms. The molecule has 2 rings (SSSR count). The number of carbonyl (C=O) groups excluding carboxylic acids is 1. The van der Waals surface area contributed by atoms with Crippen molar-refractivity contribution in [2.75, 3.05) is 5.73 Å². The summed E-state index contributed by atoms with van der Waals surface area (Å²) < 4.78 is 13.1. The monoisotopic (exact) mass is 259 g/mol. The molecule has 1 heterocycles. The number of anilines is 1. The van der Waals surface area contributed by atoms with Crippen molar-refractivity contribution in [2.24, 2.45) is 0 Å². The number of pyridine rings is 1. The summed E-state index contributed by atoms with van der Waals surface area (Å²) in [5.74, 6) is -1.02. The lowest BCUT2D eigenvalue weighted by molar-refractivity contribution is 0.0940. The number of nitrogens with zero attached hydrogens (tertiary/aromatic N) is 1. The Kier molecular flexibility index (Phi) is 3.75. The Hall–Kier alpha value is -2.43. The first-order valence-corrected chi connectivity index (χ1v) is 5.84. The van der Waals surface area contributed by atoms with Gasteiger partial charge in [-0.15, -0.1) is 0 Å². The second-order valence-corrected chi connectivity index (χ2v) is 4.19. The minimum absolute atomic E-state index is 0.0131. The van der Waals surface area contributed by atoms with Gasteiger partial charge in [0.05, 0.1) is 17.8 Å². The number of carbonyl (C=O) groups is 1. The van der Waals surface area contributed by atoms with E-state index in [9.17, 15) is 9.18 Å². The molecule has 0 aliphatic carbocycles. The first kappa shape index (κ1) is 13.0. The van der Waals surface area contributed by atoms with Crippen LogP contribution in [0.5, 0.6) is 0 Å². The molecule has 1 unspecified atom stereocenters. The minimum atomic E-state index is -0.591. The van der Waals surface area contributed by atoms with E-state index in [0.29, 0.717) is 0 Å². The van der Waals surface area contributed by atoms with Crippen LogP contribution in [0.1, 0.15) is 28.9 Å². The lowest BCUT2D eigenvalue weighted by atomic mass is 10.1. The number of hydrogen-bond acceptors (Lipinski definition) is 3. The minimum Gasteiger partial charge on any atom is -0.383 e. The molecule has 5 heteroatoms. The molecule has 1 amide bonds. The van der Waals surface area contributed by atoms with Gasteiger partial charge in [-0.25, -0.2) is 9.37 Å². The van der Waals surface area contributed by atoms with Gasteiger partial charge in [-0.2, -0.15) is 0 Å². The molecule has 2 aromatic rings. The van der Waals surface area contributed by atoms with Gasteiger partial charge >= 0.3 is 0 Å². The van der Waals surface area contributed by atoms with Crippen LogP contribution in [0.25, 0.3) is 0 Å². The molecule has 0 bridgehead atoms. The normalized spacial score (nSPS) is 11.9. The van der Waals surface area contributed by atoms with Gasteiger partial charge in [-0.05, 0) is 18.6 Å². The van der Waals surface area contributed by atoms with Crippen LogP contribution in [0.3, 0.4) is 0 Å². The predicted molar refractivity (Wildman–Crippen MR) is 70.9 cm³/mol. The van der Waals surface area contributed by atoms with Crippen LogP contribution in [0, 0.1) is 5.82 Å². The maximum atomic E-state index is 13.1. The van der Waals surface area contributed by atoms with Gasteiger partial charge in [0.25, 0.3) is 5.91 Å². The van der Waals surface area contributed by atoms with Gasteiger partial charge in [-0.1, -0.05) is 30.3 Å². The quantitative estimate of drug-likeness (QED) is 0.888. The van der Waals surface area contributed by atoms with Crippen LogP contribution >= 0.6 is 0 Å². The molecule has 98 valence electrons. The van der Waals surface area contributed by atoms with Crippen molar-refractivity contribution in [2.45, 2.75) is 13.0 Å². The second kappa shape index (κ2) is 5.48. The number of amides is 1. The van der Waals surface area contributed by atoms with Crippen molar-refractivity contribution >= 4 is 11.7 Å². The van der Waals surface area contributed by atoms with E-state index in [0.717, 1.165) is 17.8 Å². The maximum Gasteiger partial charge on any atom is 0.255 e.